The van der Waals surface area contributed by atoms with Gasteiger partial charge in [-0.05, 0) is 36.8 Å². The molecule has 0 aliphatic carbocycles. The molecule has 4 aromatic rings. The Morgan fingerprint density at radius 1 is 1.21 bits per heavy atom. The van der Waals surface area contributed by atoms with Crippen molar-refractivity contribution in [2.24, 2.45) is 0 Å². The lowest BCUT2D eigenvalue weighted by Gasteiger charge is -2.11. The number of methoxy groups -OCH3 is 1. The van der Waals surface area contributed by atoms with Gasteiger partial charge in [0.2, 0.25) is 0 Å². The first-order chi connectivity index (χ1) is 16.3. The van der Waals surface area contributed by atoms with Crippen molar-refractivity contribution in [1.29, 1.82) is 0 Å². The minimum Gasteiger partial charge on any atom is -0.496 e. The van der Waals surface area contributed by atoms with Crippen LogP contribution in [0.5, 0.6) is 5.75 Å². The lowest BCUT2D eigenvalue weighted by Crippen LogP contribution is -2.23. The summed E-state index contributed by atoms with van der Waals surface area (Å²) in [6.07, 6.45) is 3.00. The van der Waals surface area contributed by atoms with Crippen molar-refractivity contribution in [1.82, 2.24) is 19.9 Å². The van der Waals surface area contributed by atoms with Gasteiger partial charge in [-0.3, -0.25) is 4.79 Å². The van der Waals surface area contributed by atoms with E-state index in [0.717, 1.165) is 6.07 Å². The number of nitrogens with one attached hydrogen (secondary N) is 1. The van der Waals surface area contributed by atoms with E-state index in [1.807, 2.05) is 0 Å². The van der Waals surface area contributed by atoms with Gasteiger partial charge in [0.05, 0.1) is 30.7 Å². The van der Waals surface area contributed by atoms with Gasteiger partial charge in [-0.25, -0.2) is 18.7 Å². The Balaban J connectivity index is 1.62. The van der Waals surface area contributed by atoms with Crippen LogP contribution in [0.25, 0.3) is 22.2 Å². The number of rotatable bonds is 7. The maximum atomic E-state index is 15.2. The van der Waals surface area contributed by atoms with E-state index < -0.39 is 17.5 Å². The SMILES string of the molecule is COc1ccc(F)cc1C(=O)NCc1ccc(-c2cn(C(C)CO)c3ncnc(N)c23)c(F)c1. The average molecular weight is 467 g/mol. The average Bonchev–Trinajstić information content (AvgIpc) is 3.22. The van der Waals surface area contributed by atoms with Crippen LogP contribution in [0, 0.1) is 11.6 Å². The maximum Gasteiger partial charge on any atom is 0.255 e. The molecule has 0 radical (unpaired) electrons. The largest absolute Gasteiger partial charge is 0.496 e. The molecule has 4 rings (SSSR count). The minimum absolute atomic E-state index is 0.0181. The number of aliphatic hydroxyl groups excluding tert-OH is 1. The number of hydrogen-bond acceptors (Lipinski definition) is 6. The monoisotopic (exact) mass is 467 g/mol. The van der Waals surface area contributed by atoms with Gasteiger partial charge < -0.3 is 25.5 Å². The normalized spacial score (nSPS) is 12.0. The number of ether oxygens (including phenoxy) is 1. The third-order valence-corrected chi connectivity index (χ3v) is 5.56. The van der Waals surface area contributed by atoms with Gasteiger partial charge >= 0.3 is 0 Å². The van der Waals surface area contributed by atoms with E-state index in [1.165, 1.54) is 31.6 Å². The van der Waals surface area contributed by atoms with Crippen LogP contribution in [0.3, 0.4) is 0 Å². The summed E-state index contributed by atoms with van der Waals surface area (Å²) in [6.45, 7) is 1.69. The quantitative estimate of drug-likeness (QED) is 0.384. The van der Waals surface area contributed by atoms with E-state index in [4.69, 9.17) is 10.5 Å². The van der Waals surface area contributed by atoms with Crippen molar-refractivity contribution >= 4 is 22.8 Å². The minimum atomic E-state index is -0.570. The lowest BCUT2D eigenvalue weighted by molar-refractivity contribution is 0.0947. The number of fused-ring (bicyclic) bond motifs is 1. The molecule has 0 saturated carbocycles. The molecule has 34 heavy (non-hydrogen) atoms. The first-order valence-electron chi connectivity index (χ1n) is 10.5. The van der Waals surface area contributed by atoms with Crippen molar-refractivity contribution < 1.29 is 23.4 Å². The van der Waals surface area contributed by atoms with Crippen LogP contribution in [0.4, 0.5) is 14.6 Å². The smallest absolute Gasteiger partial charge is 0.255 e. The van der Waals surface area contributed by atoms with Gasteiger partial charge in [-0.15, -0.1) is 0 Å². The molecule has 176 valence electrons. The number of carbonyl (C=O) groups is 1. The molecule has 0 spiro atoms. The molecule has 2 aromatic carbocycles. The molecule has 0 fully saturated rings. The van der Waals surface area contributed by atoms with Crippen LogP contribution < -0.4 is 15.8 Å². The van der Waals surface area contributed by atoms with Crippen LogP contribution in [0.2, 0.25) is 0 Å². The highest BCUT2D eigenvalue weighted by molar-refractivity contribution is 6.01. The molecule has 2 aromatic heterocycles. The third-order valence-electron chi connectivity index (χ3n) is 5.56. The predicted molar refractivity (Wildman–Crippen MR) is 123 cm³/mol. The van der Waals surface area contributed by atoms with Gasteiger partial charge in [0.15, 0.2) is 0 Å². The molecule has 8 nitrogen and oxygen atoms in total. The van der Waals surface area contributed by atoms with E-state index in [-0.39, 0.29) is 41.9 Å². The summed E-state index contributed by atoms with van der Waals surface area (Å²) >= 11 is 0. The van der Waals surface area contributed by atoms with Crippen molar-refractivity contribution in [2.45, 2.75) is 19.5 Å². The second-order valence-corrected chi connectivity index (χ2v) is 7.78. The van der Waals surface area contributed by atoms with Gasteiger partial charge in [-0.1, -0.05) is 12.1 Å². The summed E-state index contributed by atoms with van der Waals surface area (Å²) in [5, 5.41) is 12.7. The molecular weight excluding hydrogens is 444 g/mol. The van der Waals surface area contributed by atoms with Gasteiger partial charge in [0.1, 0.15) is 35.2 Å². The number of aliphatic hydroxyl groups is 1. The number of halogens is 2. The highest BCUT2D eigenvalue weighted by atomic mass is 19.1. The first kappa shape index (κ1) is 23.1. The molecule has 0 bridgehead atoms. The zero-order valence-corrected chi connectivity index (χ0v) is 18.5. The van der Waals surface area contributed by atoms with E-state index in [1.54, 1.807) is 29.8 Å². The molecular formula is C24H23F2N5O3. The molecule has 2 heterocycles. The zero-order chi connectivity index (χ0) is 24.4. The van der Waals surface area contributed by atoms with Gasteiger partial charge in [0.25, 0.3) is 5.91 Å². The number of benzene rings is 2. The Morgan fingerprint density at radius 2 is 2.00 bits per heavy atom. The van der Waals surface area contributed by atoms with Crippen molar-refractivity contribution in [3.63, 3.8) is 0 Å². The standard InChI is InChI=1S/C24H23F2N5O3/c1-13(11-32)31-10-18(21-22(27)29-12-30-23(21)31)16-5-3-14(7-19(16)26)9-28-24(33)17-8-15(25)4-6-20(17)34-2/h3-8,10,12-13,32H,9,11H2,1-2H3,(H,28,33)(H2,27,29,30). The number of carbonyl (C=O) groups excluding carboxylic acids is 1. The Labute approximate surface area is 194 Å². The van der Waals surface area contributed by atoms with Crippen LogP contribution >= 0.6 is 0 Å². The second kappa shape index (κ2) is 9.44. The molecule has 0 aliphatic rings. The highest BCUT2D eigenvalue weighted by Gasteiger charge is 2.20. The molecule has 10 heteroatoms. The molecule has 0 aliphatic heterocycles. The van der Waals surface area contributed by atoms with Crippen molar-refractivity contribution in [3.8, 4) is 16.9 Å². The lowest BCUT2D eigenvalue weighted by atomic mass is 10.0. The molecule has 1 unspecified atom stereocenters. The first-order valence-corrected chi connectivity index (χ1v) is 10.5. The Hall–Kier alpha value is -4.05. The molecule has 0 saturated heterocycles. The van der Waals surface area contributed by atoms with Gasteiger partial charge in [0, 0.05) is 23.9 Å². The summed E-state index contributed by atoms with van der Waals surface area (Å²) in [5.74, 6) is -1.22. The maximum absolute atomic E-state index is 15.2. The number of nitrogen functional groups attached to an aromatic ring is 1. The highest BCUT2D eigenvalue weighted by Crippen LogP contribution is 2.35. The van der Waals surface area contributed by atoms with Crippen molar-refractivity contribution in [2.75, 3.05) is 19.5 Å². The van der Waals surface area contributed by atoms with E-state index in [0.29, 0.717) is 22.2 Å². The summed E-state index contributed by atoms with van der Waals surface area (Å²) in [7, 11) is 1.38. The topological polar surface area (TPSA) is 115 Å². The van der Waals surface area contributed by atoms with Crippen LogP contribution in [0.15, 0.2) is 48.9 Å². The fourth-order valence-electron chi connectivity index (χ4n) is 3.76. The van der Waals surface area contributed by atoms with E-state index in [9.17, 15) is 14.3 Å². The Morgan fingerprint density at radius 3 is 2.71 bits per heavy atom. The second-order valence-electron chi connectivity index (χ2n) is 7.78. The number of anilines is 1. The van der Waals surface area contributed by atoms with E-state index in [2.05, 4.69) is 15.3 Å². The fraction of sp³-hybridized carbons (Fsp3) is 0.208. The fourth-order valence-corrected chi connectivity index (χ4v) is 3.76. The summed E-state index contributed by atoms with van der Waals surface area (Å²) < 4.78 is 35.6. The van der Waals surface area contributed by atoms with Crippen LogP contribution in [0.1, 0.15) is 28.9 Å². The number of hydrogen-bond donors (Lipinski definition) is 3. The zero-order valence-electron chi connectivity index (χ0n) is 18.5. The molecule has 4 N–H and O–H groups in total. The summed E-state index contributed by atoms with van der Waals surface area (Å²) in [4.78, 5) is 20.8. The molecule has 1 atom stereocenters. The number of nitrogens with zero attached hydrogens (tertiary/aromatic N) is 3. The number of aromatic nitrogens is 3. The number of amides is 1. The number of nitrogens with two attached hydrogens (primary N) is 1. The Bertz CT molecular complexity index is 1370. The van der Waals surface area contributed by atoms with Crippen LogP contribution in [-0.4, -0.2) is 39.3 Å². The van der Waals surface area contributed by atoms with Crippen LogP contribution in [-0.2, 0) is 6.54 Å². The van der Waals surface area contributed by atoms with Gasteiger partial charge in [-0.2, -0.15) is 0 Å². The third kappa shape index (κ3) is 4.27. The Kier molecular flexibility index (Phi) is 6.42. The predicted octanol–water partition coefficient (Wildman–Crippen LogP) is 3.45. The molecule has 1 amide bonds. The van der Waals surface area contributed by atoms with Crippen molar-refractivity contribution in [3.05, 3.63) is 71.7 Å². The van der Waals surface area contributed by atoms with E-state index >= 15 is 4.39 Å². The summed E-state index contributed by atoms with van der Waals surface area (Å²) in [6, 6.07) is 7.88. The summed E-state index contributed by atoms with van der Waals surface area (Å²) in [5.41, 5.74) is 7.87.